The largest absolute Gasteiger partial charge is 0.454 e. The van der Waals surface area contributed by atoms with Crippen molar-refractivity contribution >= 4 is 22.7 Å². The number of para-hydroxylation sites is 1. The van der Waals surface area contributed by atoms with E-state index in [-0.39, 0.29) is 12.4 Å². The average molecular weight is 390 g/mol. The highest BCUT2D eigenvalue weighted by Crippen LogP contribution is 2.30. The Morgan fingerprint density at radius 1 is 1.17 bits per heavy atom. The Bertz CT molecular complexity index is 1110. The quantitative estimate of drug-likeness (QED) is 0.456. The molecule has 3 aromatic rings. The number of pyridine rings is 1. The summed E-state index contributed by atoms with van der Waals surface area (Å²) in [5.41, 5.74) is 5.94. The Labute approximate surface area is 170 Å². The van der Waals surface area contributed by atoms with E-state index < -0.39 is 5.97 Å². The fraction of sp³-hybridized carbons (Fsp3) is 0.375. The molecule has 29 heavy (non-hydrogen) atoms. The summed E-state index contributed by atoms with van der Waals surface area (Å²) in [5.74, 6) is -0.596. The Balaban J connectivity index is 1.59. The first-order valence-electron chi connectivity index (χ1n) is 10.3. The Kier molecular flexibility index (Phi) is 5.22. The number of esters is 1. The van der Waals surface area contributed by atoms with Gasteiger partial charge in [-0.15, -0.1) is 0 Å². The second-order valence-corrected chi connectivity index (χ2v) is 7.72. The third-order valence-electron chi connectivity index (χ3n) is 5.78. The summed E-state index contributed by atoms with van der Waals surface area (Å²) in [5, 5.41) is 0.798. The average Bonchev–Trinajstić information content (AvgIpc) is 3.29. The van der Waals surface area contributed by atoms with Crippen molar-refractivity contribution in [1.29, 1.82) is 0 Å². The van der Waals surface area contributed by atoms with Crippen molar-refractivity contribution in [2.45, 2.75) is 53.0 Å². The lowest BCUT2D eigenvalue weighted by Gasteiger charge is -2.12. The zero-order chi connectivity index (χ0) is 20.5. The summed E-state index contributed by atoms with van der Waals surface area (Å²) < 4.78 is 7.65. The molecule has 150 valence electrons. The predicted molar refractivity (Wildman–Crippen MR) is 113 cm³/mol. The van der Waals surface area contributed by atoms with Gasteiger partial charge >= 0.3 is 5.97 Å². The molecule has 0 N–H and O–H groups in total. The minimum absolute atomic E-state index is 0.163. The van der Waals surface area contributed by atoms with E-state index in [1.165, 1.54) is 0 Å². The summed E-state index contributed by atoms with van der Waals surface area (Å²) in [7, 11) is 0. The lowest BCUT2D eigenvalue weighted by molar-refractivity contribution is 0.0475. The van der Waals surface area contributed by atoms with Gasteiger partial charge in [0.1, 0.15) is 0 Å². The summed E-state index contributed by atoms with van der Waals surface area (Å²) >= 11 is 0. The SMILES string of the molecule is CCCn1c(C)cc(C(=O)COC(=O)c2c3c(nc4ccccc24)CCC3)c1C. The lowest BCUT2D eigenvalue weighted by atomic mass is 10.0. The summed E-state index contributed by atoms with van der Waals surface area (Å²) in [6, 6.07) is 9.52. The highest BCUT2D eigenvalue weighted by atomic mass is 16.5. The van der Waals surface area contributed by atoms with Crippen molar-refractivity contribution in [2.75, 3.05) is 6.61 Å². The van der Waals surface area contributed by atoms with Crippen LogP contribution in [0.3, 0.4) is 0 Å². The van der Waals surface area contributed by atoms with Crippen LogP contribution in [0.2, 0.25) is 0 Å². The number of fused-ring (bicyclic) bond motifs is 2. The van der Waals surface area contributed by atoms with E-state index in [2.05, 4.69) is 11.5 Å². The number of ketones is 1. The first-order chi connectivity index (χ1) is 14.0. The number of nitrogens with zero attached hydrogens (tertiary/aromatic N) is 2. The van der Waals surface area contributed by atoms with Gasteiger partial charge in [-0.1, -0.05) is 25.1 Å². The Hall–Kier alpha value is -2.95. The van der Waals surface area contributed by atoms with Gasteiger partial charge in [-0.25, -0.2) is 4.79 Å². The van der Waals surface area contributed by atoms with Crippen molar-refractivity contribution in [3.05, 3.63) is 64.1 Å². The van der Waals surface area contributed by atoms with Gasteiger partial charge in [0.2, 0.25) is 5.78 Å². The van der Waals surface area contributed by atoms with Crippen LogP contribution in [0.5, 0.6) is 0 Å². The highest BCUT2D eigenvalue weighted by molar-refractivity contribution is 6.06. The van der Waals surface area contributed by atoms with Crippen molar-refractivity contribution < 1.29 is 14.3 Å². The summed E-state index contributed by atoms with van der Waals surface area (Å²) in [6.45, 7) is 6.68. The number of aromatic nitrogens is 2. The molecule has 0 fully saturated rings. The number of carbonyl (C=O) groups excluding carboxylic acids is 2. The first-order valence-corrected chi connectivity index (χ1v) is 10.3. The van der Waals surface area contributed by atoms with Gasteiger partial charge in [-0.05, 0) is 57.2 Å². The zero-order valence-corrected chi connectivity index (χ0v) is 17.2. The molecule has 1 aromatic carbocycles. The summed E-state index contributed by atoms with van der Waals surface area (Å²) in [6.07, 6.45) is 3.69. The minimum atomic E-state index is -0.433. The lowest BCUT2D eigenvalue weighted by Crippen LogP contribution is -2.17. The molecular formula is C24H26N2O3. The van der Waals surface area contributed by atoms with Gasteiger partial charge in [-0.2, -0.15) is 0 Å². The normalized spacial score (nSPS) is 12.9. The van der Waals surface area contributed by atoms with Crippen LogP contribution >= 0.6 is 0 Å². The van der Waals surface area contributed by atoms with E-state index in [9.17, 15) is 9.59 Å². The molecule has 0 unspecified atom stereocenters. The van der Waals surface area contributed by atoms with E-state index in [0.717, 1.165) is 65.8 Å². The van der Waals surface area contributed by atoms with Crippen LogP contribution in [0.4, 0.5) is 0 Å². The van der Waals surface area contributed by atoms with Crippen LogP contribution in [0.1, 0.15) is 63.1 Å². The number of hydrogen-bond acceptors (Lipinski definition) is 4. The molecule has 0 aliphatic heterocycles. The van der Waals surface area contributed by atoms with Gasteiger partial charge in [0, 0.05) is 34.6 Å². The molecule has 1 aliphatic carbocycles. The van der Waals surface area contributed by atoms with Crippen LogP contribution in [-0.2, 0) is 24.1 Å². The van der Waals surface area contributed by atoms with Gasteiger partial charge in [-0.3, -0.25) is 9.78 Å². The molecule has 4 rings (SSSR count). The fourth-order valence-corrected chi connectivity index (χ4v) is 4.38. The number of benzene rings is 1. The molecule has 0 bridgehead atoms. The number of aryl methyl sites for hydroxylation is 2. The van der Waals surface area contributed by atoms with Gasteiger partial charge in [0.25, 0.3) is 0 Å². The number of Topliss-reactive ketones (excluding diaryl/α,β-unsaturated/α-hetero) is 1. The number of hydrogen-bond donors (Lipinski definition) is 0. The third kappa shape index (κ3) is 3.46. The maximum atomic E-state index is 13.0. The maximum absolute atomic E-state index is 13.0. The van der Waals surface area contributed by atoms with Crippen LogP contribution in [0.25, 0.3) is 10.9 Å². The number of carbonyl (C=O) groups is 2. The highest BCUT2D eigenvalue weighted by Gasteiger charge is 2.25. The summed E-state index contributed by atoms with van der Waals surface area (Å²) in [4.78, 5) is 30.5. The second-order valence-electron chi connectivity index (χ2n) is 7.72. The van der Waals surface area contributed by atoms with Crippen LogP contribution < -0.4 is 0 Å². The monoisotopic (exact) mass is 390 g/mol. The maximum Gasteiger partial charge on any atom is 0.339 e. The predicted octanol–water partition coefficient (Wildman–Crippen LogP) is 4.59. The van der Waals surface area contributed by atoms with E-state index >= 15 is 0 Å². The molecule has 0 saturated carbocycles. The zero-order valence-electron chi connectivity index (χ0n) is 17.2. The fourth-order valence-electron chi connectivity index (χ4n) is 4.38. The molecule has 5 nitrogen and oxygen atoms in total. The molecule has 2 aromatic heterocycles. The molecule has 0 amide bonds. The van der Waals surface area contributed by atoms with Crippen molar-refractivity contribution in [3.63, 3.8) is 0 Å². The molecule has 0 saturated heterocycles. The molecule has 5 heteroatoms. The topological polar surface area (TPSA) is 61.2 Å². The second kappa shape index (κ2) is 7.82. The van der Waals surface area contributed by atoms with E-state index in [0.29, 0.717) is 11.1 Å². The van der Waals surface area contributed by atoms with Crippen molar-refractivity contribution in [3.8, 4) is 0 Å². The standard InChI is InChI=1S/C24H26N2O3/c1-4-12-26-15(2)13-19(16(26)3)22(27)14-29-24(28)23-17-8-5-6-10-20(17)25-21-11-7-9-18(21)23/h5-6,8,10,13H,4,7,9,11-12,14H2,1-3H3. The Morgan fingerprint density at radius 2 is 1.97 bits per heavy atom. The smallest absolute Gasteiger partial charge is 0.339 e. The van der Waals surface area contributed by atoms with Gasteiger partial charge in [0.15, 0.2) is 6.61 Å². The third-order valence-corrected chi connectivity index (χ3v) is 5.78. The molecule has 2 heterocycles. The number of ether oxygens (including phenoxy) is 1. The van der Waals surface area contributed by atoms with Crippen LogP contribution in [-0.4, -0.2) is 27.9 Å². The first kappa shape index (κ1) is 19.4. The van der Waals surface area contributed by atoms with Gasteiger partial charge < -0.3 is 9.30 Å². The van der Waals surface area contributed by atoms with Crippen molar-refractivity contribution in [2.24, 2.45) is 0 Å². The molecular weight excluding hydrogens is 364 g/mol. The van der Waals surface area contributed by atoms with Gasteiger partial charge in [0.05, 0.1) is 11.1 Å². The molecule has 0 atom stereocenters. The molecule has 0 radical (unpaired) electrons. The minimum Gasteiger partial charge on any atom is -0.454 e. The van der Waals surface area contributed by atoms with Crippen LogP contribution in [0, 0.1) is 13.8 Å². The van der Waals surface area contributed by atoms with E-state index in [1.54, 1.807) is 0 Å². The molecule has 0 spiro atoms. The number of rotatable bonds is 6. The van der Waals surface area contributed by atoms with E-state index in [4.69, 9.17) is 9.72 Å². The molecule has 1 aliphatic rings. The van der Waals surface area contributed by atoms with Crippen LogP contribution in [0.15, 0.2) is 30.3 Å². The van der Waals surface area contributed by atoms with E-state index in [1.807, 2.05) is 44.2 Å². The van der Waals surface area contributed by atoms with Crippen molar-refractivity contribution in [1.82, 2.24) is 9.55 Å². The Morgan fingerprint density at radius 3 is 2.76 bits per heavy atom.